The molecule has 1 aromatic carbocycles. The van der Waals surface area contributed by atoms with Crippen LogP contribution in [0.2, 0.25) is 5.15 Å². The molecule has 0 unspecified atom stereocenters. The number of aromatic nitrogens is 1. The molecule has 0 spiro atoms. The Hall–Kier alpha value is -2.14. The highest BCUT2D eigenvalue weighted by Gasteiger charge is 2.14. The molecule has 4 nitrogen and oxygen atoms in total. The largest absolute Gasteiger partial charge is 0.457 e. The van der Waals surface area contributed by atoms with E-state index in [1.807, 2.05) is 0 Å². The van der Waals surface area contributed by atoms with Gasteiger partial charge >= 0.3 is 5.97 Å². The fourth-order valence-corrected chi connectivity index (χ4v) is 1.62. The molecular weight excluding hydrogens is 271 g/mol. The number of nitrogen functional groups attached to an aromatic ring is 1. The highest BCUT2D eigenvalue weighted by Crippen LogP contribution is 2.17. The average molecular weight is 281 g/mol. The first-order chi connectivity index (χ1) is 9.08. The topological polar surface area (TPSA) is 65.2 Å². The normalized spacial score (nSPS) is 10.2. The van der Waals surface area contributed by atoms with Crippen LogP contribution < -0.4 is 5.73 Å². The summed E-state index contributed by atoms with van der Waals surface area (Å²) in [6, 6.07) is 7.39. The van der Waals surface area contributed by atoms with E-state index < -0.39 is 11.8 Å². The van der Waals surface area contributed by atoms with Crippen molar-refractivity contribution in [3.8, 4) is 0 Å². The Bertz CT molecular complexity index is 619. The second kappa shape index (κ2) is 5.67. The number of halogens is 2. The lowest BCUT2D eigenvalue weighted by molar-refractivity contribution is 0.0469. The van der Waals surface area contributed by atoms with Crippen LogP contribution in [0, 0.1) is 5.82 Å². The van der Waals surface area contributed by atoms with Crippen LogP contribution in [0.3, 0.4) is 0 Å². The van der Waals surface area contributed by atoms with Gasteiger partial charge in [-0.1, -0.05) is 29.8 Å². The number of hydrogen-bond donors (Lipinski definition) is 1. The first-order valence-corrected chi connectivity index (χ1v) is 5.77. The molecule has 0 radical (unpaired) electrons. The van der Waals surface area contributed by atoms with Gasteiger partial charge in [-0.25, -0.2) is 14.2 Å². The number of esters is 1. The van der Waals surface area contributed by atoms with Gasteiger partial charge in [0.1, 0.15) is 17.6 Å². The number of pyridine rings is 1. The Morgan fingerprint density at radius 1 is 1.42 bits per heavy atom. The smallest absolute Gasteiger partial charge is 0.341 e. The average Bonchev–Trinajstić information content (AvgIpc) is 2.40. The number of carbonyl (C=O) groups is 1. The van der Waals surface area contributed by atoms with Gasteiger partial charge in [0, 0.05) is 5.56 Å². The summed E-state index contributed by atoms with van der Waals surface area (Å²) in [7, 11) is 0. The van der Waals surface area contributed by atoms with Gasteiger partial charge in [0.25, 0.3) is 0 Å². The van der Waals surface area contributed by atoms with Crippen molar-refractivity contribution >= 4 is 23.3 Å². The summed E-state index contributed by atoms with van der Waals surface area (Å²) in [6.45, 7) is -0.184. The van der Waals surface area contributed by atoms with Crippen LogP contribution in [0.5, 0.6) is 0 Å². The molecular formula is C13H10ClFN2O2. The van der Waals surface area contributed by atoms with Crippen LogP contribution in [-0.2, 0) is 11.3 Å². The van der Waals surface area contributed by atoms with E-state index in [2.05, 4.69) is 4.98 Å². The highest BCUT2D eigenvalue weighted by molar-refractivity contribution is 6.32. The van der Waals surface area contributed by atoms with Crippen molar-refractivity contribution < 1.29 is 13.9 Å². The highest BCUT2D eigenvalue weighted by atomic mass is 35.5. The zero-order valence-corrected chi connectivity index (χ0v) is 10.5. The van der Waals surface area contributed by atoms with Crippen LogP contribution in [-0.4, -0.2) is 11.0 Å². The van der Waals surface area contributed by atoms with Crippen LogP contribution in [0.25, 0.3) is 0 Å². The van der Waals surface area contributed by atoms with Crippen molar-refractivity contribution in [2.24, 2.45) is 0 Å². The minimum atomic E-state index is -0.701. The summed E-state index contributed by atoms with van der Waals surface area (Å²) in [5, 5.41) is -0.00673. The molecule has 19 heavy (non-hydrogen) atoms. The number of nitrogens with zero attached hydrogens (tertiary/aromatic N) is 1. The van der Waals surface area contributed by atoms with Gasteiger partial charge in [-0.05, 0) is 12.1 Å². The number of ether oxygens (including phenoxy) is 1. The minimum absolute atomic E-state index is 0.00673. The Balaban J connectivity index is 2.10. The maximum atomic E-state index is 13.3. The van der Waals surface area contributed by atoms with Crippen LogP contribution in [0.15, 0.2) is 36.5 Å². The molecule has 0 amide bonds. The van der Waals surface area contributed by atoms with E-state index in [-0.39, 0.29) is 22.9 Å². The lowest BCUT2D eigenvalue weighted by Gasteiger charge is -2.07. The maximum absolute atomic E-state index is 13.3. The second-order valence-electron chi connectivity index (χ2n) is 3.77. The summed E-state index contributed by atoms with van der Waals surface area (Å²) in [5.74, 6) is -1.14. The summed E-state index contributed by atoms with van der Waals surface area (Å²) < 4.78 is 18.3. The Morgan fingerprint density at radius 3 is 2.89 bits per heavy atom. The van der Waals surface area contributed by atoms with Crippen molar-refractivity contribution in [2.75, 3.05) is 5.73 Å². The van der Waals surface area contributed by atoms with Gasteiger partial charge in [0.05, 0.1) is 17.4 Å². The number of hydrogen-bond acceptors (Lipinski definition) is 4. The van der Waals surface area contributed by atoms with Crippen LogP contribution in [0.4, 0.5) is 10.1 Å². The predicted molar refractivity (Wildman–Crippen MR) is 69.2 cm³/mol. The maximum Gasteiger partial charge on any atom is 0.341 e. The van der Waals surface area contributed by atoms with E-state index in [4.69, 9.17) is 22.1 Å². The minimum Gasteiger partial charge on any atom is -0.457 e. The van der Waals surface area contributed by atoms with Crippen molar-refractivity contribution in [1.82, 2.24) is 4.98 Å². The molecule has 0 saturated heterocycles. The molecule has 2 rings (SSSR count). The third-order valence-electron chi connectivity index (χ3n) is 2.40. The summed E-state index contributed by atoms with van der Waals surface area (Å²) in [4.78, 5) is 15.5. The molecule has 2 N–H and O–H groups in total. The van der Waals surface area contributed by atoms with Crippen molar-refractivity contribution in [3.63, 3.8) is 0 Å². The molecule has 0 aliphatic rings. The Morgan fingerprint density at radius 2 is 2.16 bits per heavy atom. The molecule has 0 bridgehead atoms. The molecule has 0 saturated carbocycles. The summed E-state index contributed by atoms with van der Waals surface area (Å²) in [6.07, 6.45) is 1.33. The first kappa shape index (κ1) is 13.3. The Labute approximate surface area is 114 Å². The van der Waals surface area contributed by atoms with Gasteiger partial charge in [0.2, 0.25) is 0 Å². The summed E-state index contributed by atoms with van der Waals surface area (Å²) in [5.41, 5.74) is 6.14. The predicted octanol–water partition coefficient (Wildman–Crippen LogP) is 2.81. The number of carbonyl (C=O) groups excluding carboxylic acids is 1. The monoisotopic (exact) mass is 280 g/mol. The van der Waals surface area contributed by atoms with Crippen molar-refractivity contribution in [3.05, 3.63) is 58.6 Å². The van der Waals surface area contributed by atoms with Gasteiger partial charge in [-0.15, -0.1) is 0 Å². The molecule has 6 heteroatoms. The van der Waals surface area contributed by atoms with E-state index in [9.17, 15) is 9.18 Å². The number of nitrogens with two attached hydrogens (primary N) is 1. The van der Waals surface area contributed by atoms with Gasteiger partial charge in [0.15, 0.2) is 0 Å². The second-order valence-corrected chi connectivity index (χ2v) is 4.13. The number of rotatable bonds is 3. The van der Waals surface area contributed by atoms with E-state index in [1.165, 1.54) is 24.4 Å². The van der Waals surface area contributed by atoms with Gasteiger partial charge in [-0.2, -0.15) is 0 Å². The van der Waals surface area contributed by atoms with E-state index in [1.54, 1.807) is 12.1 Å². The number of anilines is 1. The molecule has 1 aromatic heterocycles. The molecule has 1 heterocycles. The standard InChI is InChI=1S/C13H10ClFN2O2/c14-12-10(5-9(16)6-17-12)13(18)19-7-8-3-1-2-4-11(8)15/h1-6H,7,16H2. The number of benzene rings is 1. The first-order valence-electron chi connectivity index (χ1n) is 5.39. The van der Waals surface area contributed by atoms with E-state index in [0.29, 0.717) is 5.69 Å². The fourth-order valence-electron chi connectivity index (χ4n) is 1.44. The molecule has 0 atom stereocenters. The van der Waals surface area contributed by atoms with Crippen molar-refractivity contribution in [1.29, 1.82) is 0 Å². The summed E-state index contributed by atoms with van der Waals surface area (Å²) >= 11 is 5.76. The van der Waals surface area contributed by atoms with Gasteiger partial charge in [-0.3, -0.25) is 0 Å². The molecule has 98 valence electrons. The lowest BCUT2D eigenvalue weighted by atomic mass is 10.2. The Kier molecular flexibility index (Phi) is 3.97. The molecule has 0 fully saturated rings. The van der Waals surface area contributed by atoms with Crippen LogP contribution in [0.1, 0.15) is 15.9 Å². The van der Waals surface area contributed by atoms with Crippen molar-refractivity contribution in [2.45, 2.75) is 6.61 Å². The zero-order chi connectivity index (χ0) is 13.8. The van der Waals surface area contributed by atoms with Crippen LogP contribution >= 0.6 is 11.6 Å². The molecule has 2 aromatic rings. The lowest BCUT2D eigenvalue weighted by Crippen LogP contribution is -2.08. The van der Waals surface area contributed by atoms with E-state index in [0.717, 1.165) is 0 Å². The third kappa shape index (κ3) is 3.20. The molecule has 0 aliphatic carbocycles. The third-order valence-corrected chi connectivity index (χ3v) is 2.70. The zero-order valence-electron chi connectivity index (χ0n) is 9.77. The fraction of sp³-hybridized carbons (Fsp3) is 0.0769. The van der Waals surface area contributed by atoms with E-state index >= 15 is 0 Å². The van der Waals surface area contributed by atoms with Gasteiger partial charge < -0.3 is 10.5 Å². The SMILES string of the molecule is Nc1cnc(Cl)c(C(=O)OCc2ccccc2F)c1. The molecule has 0 aliphatic heterocycles. The quantitative estimate of drug-likeness (QED) is 0.693.